The fourth-order valence-corrected chi connectivity index (χ4v) is 2.58. The third kappa shape index (κ3) is 3.48. The van der Waals surface area contributed by atoms with Gasteiger partial charge in [0.25, 0.3) is 0 Å². The van der Waals surface area contributed by atoms with Crippen LogP contribution in [-0.2, 0) is 4.79 Å². The third-order valence-electron chi connectivity index (χ3n) is 3.86. The van der Waals surface area contributed by atoms with E-state index < -0.39 is 0 Å². The van der Waals surface area contributed by atoms with Crippen molar-refractivity contribution in [2.45, 2.75) is 12.8 Å². The number of nitrogens with zero attached hydrogens (tertiary/aromatic N) is 1. The van der Waals surface area contributed by atoms with Gasteiger partial charge in [0.05, 0.1) is 0 Å². The van der Waals surface area contributed by atoms with E-state index in [0.717, 1.165) is 24.2 Å². The molecule has 0 saturated carbocycles. The van der Waals surface area contributed by atoms with E-state index in [-0.39, 0.29) is 17.4 Å². The predicted octanol–water partition coefficient (Wildman–Crippen LogP) is 3.42. The van der Waals surface area contributed by atoms with Gasteiger partial charge >= 0.3 is 0 Å². The van der Waals surface area contributed by atoms with Crippen molar-refractivity contribution in [1.29, 1.82) is 0 Å². The fraction of sp³-hybridized carbons (Fsp3) is 0.158. The lowest BCUT2D eigenvalue weighted by molar-refractivity contribution is -0.117. The SMILES string of the molecule is O=C(C=Cc1ccc(O)cc1)c1ccc(N2CCCC2=O)cc1. The second-order valence-corrected chi connectivity index (χ2v) is 5.48. The Labute approximate surface area is 134 Å². The van der Waals surface area contributed by atoms with E-state index in [0.29, 0.717) is 12.0 Å². The Balaban J connectivity index is 1.70. The van der Waals surface area contributed by atoms with Crippen LogP contribution < -0.4 is 4.90 Å². The van der Waals surface area contributed by atoms with Gasteiger partial charge in [-0.2, -0.15) is 0 Å². The molecule has 3 rings (SSSR count). The average Bonchev–Trinajstić information content (AvgIpc) is 3.00. The summed E-state index contributed by atoms with van der Waals surface area (Å²) in [5.74, 6) is 0.231. The Morgan fingerprint density at radius 3 is 2.35 bits per heavy atom. The summed E-state index contributed by atoms with van der Waals surface area (Å²) in [6.07, 6.45) is 4.69. The lowest BCUT2D eigenvalue weighted by atomic mass is 10.1. The monoisotopic (exact) mass is 307 g/mol. The summed E-state index contributed by atoms with van der Waals surface area (Å²) in [6, 6.07) is 13.7. The van der Waals surface area contributed by atoms with Gasteiger partial charge in [0.15, 0.2) is 5.78 Å². The van der Waals surface area contributed by atoms with Crippen molar-refractivity contribution in [3.05, 3.63) is 65.7 Å². The summed E-state index contributed by atoms with van der Waals surface area (Å²) in [4.78, 5) is 25.6. The molecule has 0 unspecified atom stereocenters. The minimum atomic E-state index is -0.0997. The molecule has 4 nitrogen and oxygen atoms in total. The first-order valence-electron chi connectivity index (χ1n) is 7.55. The molecule has 0 spiro atoms. The molecule has 0 bridgehead atoms. The summed E-state index contributed by atoms with van der Waals surface area (Å²) in [5.41, 5.74) is 2.26. The maximum Gasteiger partial charge on any atom is 0.227 e. The smallest absolute Gasteiger partial charge is 0.227 e. The van der Waals surface area contributed by atoms with Crippen molar-refractivity contribution < 1.29 is 14.7 Å². The van der Waals surface area contributed by atoms with Gasteiger partial charge in [-0.15, -0.1) is 0 Å². The van der Waals surface area contributed by atoms with E-state index in [1.54, 1.807) is 47.4 Å². The molecule has 0 aromatic heterocycles. The Bertz CT molecular complexity index is 745. The largest absolute Gasteiger partial charge is 0.508 e. The van der Waals surface area contributed by atoms with Gasteiger partial charge in [0.2, 0.25) is 5.91 Å². The van der Waals surface area contributed by atoms with Crippen LogP contribution in [0, 0.1) is 0 Å². The summed E-state index contributed by atoms with van der Waals surface area (Å²) in [6.45, 7) is 0.743. The zero-order chi connectivity index (χ0) is 16.2. The van der Waals surface area contributed by atoms with Crippen molar-refractivity contribution in [2.75, 3.05) is 11.4 Å². The zero-order valence-electron chi connectivity index (χ0n) is 12.6. The molecule has 2 aromatic rings. The summed E-state index contributed by atoms with van der Waals surface area (Å²) < 4.78 is 0. The molecule has 0 atom stereocenters. The highest BCUT2D eigenvalue weighted by molar-refractivity contribution is 6.07. The standard InChI is InChI=1S/C19H17NO3/c21-17-10-3-14(4-11-17)5-12-18(22)15-6-8-16(9-7-15)20-13-1-2-19(20)23/h3-12,21H,1-2,13H2. The van der Waals surface area contributed by atoms with Gasteiger partial charge in [-0.1, -0.05) is 18.2 Å². The van der Waals surface area contributed by atoms with Crippen molar-refractivity contribution >= 4 is 23.5 Å². The van der Waals surface area contributed by atoms with Crippen molar-refractivity contribution in [3.63, 3.8) is 0 Å². The van der Waals surface area contributed by atoms with Crippen LogP contribution >= 0.6 is 0 Å². The lowest BCUT2D eigenvalue weighted by Crippen LogP contribution is -2.23. The second kappa shape index (κ2) is 6.48. The zero-order valence-corrected chi connectivity index (χ0v) is 12.6. The van der Waals surface area contributed by atoms with Gasteiger partial charge in [-0.05, 0) is 54.5 Å². The fourth-order valence-electron chi connectivity index (χ4n) is 2.58. The summed E-state index contributed by atoms with van der Waals surface area (Å²) in [5, 5.41) is 9.23. The highest BCUT2D eigenvalue weighted by atomic mass is 16.3. The molecule has 2 aromatic carbocycles. The van der Waals surface area contributed by atoms with Gasteiger partial charge in [0.1, 0.15) is 5.75 Å². The molecule has 1 N–H and O–H groups in total. The highest BCUT2D eigenvalue weighted by Crippen LogP contribution is 2.22. The van der Waals surface area contributed by atoms with Crippen LogP contribution in [0.4, 0.5) is 5.69 Å². The van der Waals surface area contributed by atoms with E-state index in [4.69, 9.17) is 0 Å². The van der Waals surface area contributed by atoms with Crippen molar-refractivity contribution in [1.82, 2.24) is 0 Å². The van der Waals surface area contributed by atoms with Crippen LogP contribution in [0.3, 0.4) is 0 Å². The van der Waals surface area contributed by atoms with Crippen LogP contribution in [0.25, 0.3) is 6.08 Å². The molecule has 1 amide bonds. The molecular weight excluding hydrogens is 290 g/mol. The lowest BCUT2D eigenvalue weighted by Gasteiger charge is -2.15. The molecule has 1 aliphatic rings. The second-order valence-electron chi connectivity index (χ2n) is 5.48. The topological polar surface area (TPSA) is 57.6 Å². The van der Waals surface area contributed by atoms with E-state index >= 15 is 0 Å². The van der Waals surface area contributed by atoms with Crippen LogP contribution in [0.15, 0.2) is 54.6 Å². The summed E-state index contributed by atoms with van der Waals surface area (Å²) in [7, 11) is 0. The molecule has 0 radical (unpaired) electrons. The Morgan fingerprint density at radius 1 is 1.04 bits per heavy atom. The molecule has 1 aliphatic heterocycles. The number of anilines is 1. The van der Waals surface area contributed by atoms with Crippen molar-refractivity contribution in [3.8, 4) is 5.75 Å². The normalized spacial score (nSPS) is 14.6. The number of hydrogen-bond acceptors (Lipinski definition) is 3. The Kier molecular flexibility index (Phi) is 4.24. The van der Waals surface area contributed by atoms with Crippen LogP contribution in [0.5, 0.6) is 5.75 Å². The first-order chi connectivity index (χ1) is 11.1. The summed E-state index contributed by atoms with van der Waals surface area (Å²) >= 11 is 0. The maximum absolute atomic E-state index is 12.2. The highest BCUT2D eigenvalue weighted by Gasteiger charge is 2.21. The van der Waals surface area contributed by atoms with E-state index in [1.807, 2.05) is 12.1 Å². The maximum atomic E-state index is 12.2. The quantitative estimate of drug-likeness (QED) is 0.695. The van der Waals surface area contributed by atoms with Crippen LogP contribution in [0.1, 0.15) is 28.8 Å². The predicted molar refractivity (Wildman–Crippen MR) is 89.5 cm³/mol. The number of hydrogen-bond donors (Lipinski definition) is 1. The first kappa shape index (κ1) is 15.0. The van der Waals surface area contributed by atoms with E-state index in [2.05, 4.69) is 0 Å². The molecule has 23 heavy (non-hydrogen) atoms. The molecular formula is C19H17NO3. The number of carbonyl (C=O) groups is 2. The minimum Gasteiger partial charge on any atom is -0.508 e. The minimum absolute atomic E-state index is 0.0997. The Morgan fingerprint density at radius 2 is 1.74 bits per heavy atom. The van der Waals surface area contributed by atoms with Gasteiger partial charge in [-0.3, -0.25) is 9.59 Å². The number of phenols is 1. The Hall–Kier alpha value is -2.88. The molecule has 1 heterocycles. The molecule has 4 heteroatoms. The van der Waals surface area contributed by atoms with Crippen molar-refractivity contribution in [2.24, 2.45) is 0 Å². The van der Waals surface area contributed by atoms with Crippen LogP contribution in [0.2, 0.25) is 0 Å². The van der Waals surface area contributed by atoms with Gasteiger partial charge in [0, 0.05) is 24.2 Å². The average molecular weight is 307 g/mol. The number of ketones is 1. The first-order valence-corrected chi connectivity index (χ1v) is 7.55. The number of amides is 1. The molecule has 1 saturated heterocycles. The van der Waals surface area contributed by atoms with Crippen LogP contribution in [-0.4, -0.2) is 23.3 Å². The number of aromatic hydroxyl groups is 1. The van der Waals surface area contributed by atoms with E-state index in [1.165, 1.54) is 6.08 Å². The molecule has 116 valence electrons. The number of carbonyl (C=O) groups excluding carboxylic acids is 2. The number of rotatable bonds is 4. The third-order valence-corrected chi connectivity index (χ3v) is 3.86. The number of benzene rings is 2. The molecule has 1 fully saturated rings. The molecule has 0 aliphatic carbocycles. The van der Waals surface area contributed by atoms with Gasteiger partial charge in [-0.25, -0.2) is 0 Å². The van der Waals surface area contributed by atoms with Gasteiger partial charge < -0.3 is 10.0 Å². The number of allylic oxidation sites excluding steroid dienone is 1. The van der Waals surface area contributed by atoms with E-state index in [9.17, 15) is 14.7 Å². The number of phenolic OH excluding ortho intramolecular Hbond substituents is 1.